The number of halogens is 1. The minimum atomic E-state index is -0.236. The molecule has 0 atom stereocenters. The van der Waals surface area contributed by atoms with Crippen molar-refractivity contribution in [3.63, 3.8) is 0 Å². The van der Waals surface area contributed by atoms with Crippen molar-refractivity contribution in [2.45, 2.75) is 19.0 Å². The van der Waals surface area contributed by atoms with E-state index in [1.807, 2.05) is 19.9 Å². The van der Waals surface area contributed by atoms with Gasteiger partial charge in [0.2, 0.25) is 5.91 Å². The van der Waals surface area contributed by atoms with Crippen molar-refractivity contribution in [3.05, 3.63) is 44.0 Å². The van der Waals surface area contributed by atoms with Crippen molar-refractivity contribution in [3.8, 4) is 5.75 Å². The summed E-state index contributed by atoms with van der Waals surface area (Å²) in [5.41, 5.74) is 1.18. The highest BCUT2D eigenvalue weighted by Crippen LogP contribution is 2.31. The van der Waals surface area contributed by atoms with Crippen LogP contribution in [0.3, 0.4) is 0 Å². The number of aromatic amines is 1. The number of carbonyl (C=O) groups is 1. The number of hydrogen-bond acceptors (Lipinski definition) is 6. The number of H-pyrrole nitrogens is 1. The third-order valence-electron chi connectivity index (χ3n) is 3.60. The monoisotopic (exact) mass is 409 g/mol. The SMILES string of the molecule is COc1cc(Cl)c(C)cc1NC(=O)CSc1nc2sc(C)cc2c(=O)[nH]1. The Labute approximate surface area is 162 Å². The smallest absolute Gasteiger partial charge is 0.260 e. The first kappa shape index (κ1) is 18.8. The molecule has 0 aliphatic rings. The maximum absolute atomic E-state index is 12.3. The van der Waals surface area contributed by atoms with Crippen molar-refractivity contribution in [1.82, 2.24) is 9.97 Å². The fourth-order valence-corrected chi connectivity index (χ4v) is 4.10. The van der Waals surface area contributed by atoms with E-state index in [0.29, 0.717) is 31.8 Å². The molecule has 9 heteroatoms. The summed E-state index contributed by atoms with van der Waals surface area (Å²) < 4.78 is 5.25. The van der Waals surface area contributed by atoms with Gasteiger partial charge in [0.15, 0.2) is 5.16 Å². The average Bonchev–Trinajstić information content (AvgIpc) is 2.97. The zero-order valence-corrected chi connectivity index (χ0v) is 16.7. The third-order valence-corrected chi connectivity index (χ3v) is 5.82. The summed E-state index contributed by atoms with van der Waals surface area (Å²) >= 11 is 8.69. The number of thiophene rings is 1. The largest absolute Gasteiger partial charge is 0.495 e. The Kier molecular flexibility index (Phi) is 5.55. The summed E-state index contributed by atoms with van der Waals surface area (Å²) in [6, 6.07) is 5.22. The van der Waals surface area contributed by atoms with Gasteiger partial charge in [-0.15, -0.1) is 11.3 Å². The number of carbonyl (C=O) groups excluding carboxylic acids is 1. The number of fused-ring (bicyclic) bond motifs is 1. The van der Waals surface area contributed by atoms with Gasteiger partial charge in [0.05, 0.1) is 23.9 Å². The number of anilines is 1. The molecule has 3 rings (SSSR count). The highest BCUT2D eigenvalue weighted by molar-refractivity contribution is 7.99. The standard InChI is InChI=1S/C17H16ClN3O3S2/c1-8-4-12(13(24-3)6-11(8)18)19-14(22)7-25-17-20-15(23)10-5-9(2)26-16(10)21-17/h4-6H,7H2,1-3H3,(H,19,22)(H,20,21,23). The van der Waals surface area contributed by atoms with Crippen LogP contribution in [-0.2, 0) is 4.79 Å². The van der Waals surface area contributed by atoms with Crippen LogP contribution in [0.2, 0.25) is 5.02 Å². The second-order valence-corrected chi connectivity index (χ2v) is 8.19. The van der Waals surface area contributed by atoms with Crippen molar-refractivity contribution in [2.75, 3.05) is 18.2 Å². The lowest BCUT2D eigenvalue weighted by Gasteiger charge is -2.12. The van der Waals surface area contributed by atoms with E-state index in [-0.39, 0.29) is 17.2 Å². The van der Waals surface area contributed by atoms with Crippen molar-refractivity contribution in [1.29, 1.82) is 0 Å². The topological polar surface area (TPSA) is 84.1 Å². The van der Waals surface area contributed by atoms with Crippen LogP contribution in [0.5, 0.6) is 5.75 Å². The van der Waals surface area contributed by atoms with Crippen LogP contribution in [0.1, 0.15) is 10.4 Å². The number of aryl methyl sites for hydroxylation is 2. The van der Waals surface area contributed by atoms with Gasteiger partial charge in [-0.25, -0.2) is 4.98 Å². The Morgan fingerprint density at radius 3 is 2.88 bits per heavy atom. The molecule has 136 valence electrons. The van der Waals surface area contributed by atoms with Crippen LogP contribution in [0.4, 0.5) is 5.69 Å². The zero-order chi connectivity index (χ0) is 18.8. The summed E-state index contributed by atoms with van der Waals surface area (Å²) in [4.78, 5) is 33.1. The Morgan fingerprint density at radius 2 is 2.15 bits per heavy atom. The van der Waals surface area contributed by atoms with E-state index in [1.54, 1.807) is 12.1 Å². The summed E-state index contributed by atoms with van der Waals surface area (Å²) in [6.07, 6.45) is 0. The van der Waals surface area contributed by atoms with Gasteiger partial charge in [-0.3, -0.25) is 9.59 Å². The summed E-state index contributed by atoms with van der Waals surface area (Å²) in [5.74, 6) is 0.352. The summed E-state index contributed by atoms with van der Waals surface area (Å²) in [6.45, 7) is 3.77. The zero-order valence-electron chi connectivity index (χ0n) is 14.3. The van der Waals surface area contributed by atoms with Gasteiger partial charge >= 0.3 is 0 Å². The van der Waals surface area contributed by atoms with Crippen LogP contribution >= 0.6 is 34.7 Å². The van der Waals surface area contributed by atoms with Crippen LogP contribution in [0.15, 0.2) is 28.2 Å². The average molecular weight is 410 g/mol. The first-order chi connectivity index (χ1) is 12.4. The second kappa shape index (κ2) is 7.69. The molecule has 0 aliphatic heterocycles. The third kappa shape index (κ3) is 4.03. The Hall–Kier alpha value is -2.03. The Bertz CT molecular complexity index is 1050. The number of nitrogens with zero attached hydrogens (tertiary/aromatic N) is 1. The maximum Gasteiger partial charge on any atom is 0.260 e. The lowest BCUT2D eigenvalue weighted by atomic mass is 10.2. The lowest BCUT2D eigenvalue weighted by Crippen LogP contribution is -2.16. The number of rotatable bonds is 5. The molecule has 0 aliphatic carbocycles. The first-order valence-electron chi connectivity index (χ1n) is 7.64. The highest BCUT2D eigenvalue weighted by Gasteiger charge is 2.13. The van der Waals surface area contributed by atoms with Gasteiger partial charge in [-0.05, 0) is 31.5 Å². The second-order valence-electron chi connectivity index (χ2n) is 5.59. The summed E-state index contributed by atoms with van der Waals surface area (Å²) in [5, 5.41) is 4.35. The fourth-order valence-electron chi connectivity index (χ4n) is 2.35. The molecule has 1 aromatic carbocycles. The molecule has 0 unspecified atom stereocenters. The van der Waals surface area contributed by atoms with E-state index in [0.717, 1.165) is 10.4 Å². The minimum absolute atomic E-state index is 0.101. The first-order valence-corrected chi connectivity index (χ1v) is 9.82. The Balaban J connectivity index is 1.72. The maximum atomic E-state index is 12.3. The van der Waals surface area contributed by atoms with E-state index in [2.05, 4.69) is 15.3 Å². The van der Waals surface area contributed by atoms with Crippen LogP contribution in [-0.4, -0.2) is 28.7 Å². The van der Waals surface area contributed by atoms with E-state index in [4.69, 9.17) is 16.3 Å². The predicted octanol–water partition coefficient (Wildman–Crippen LogP) is 3.99. The van der Waals surface area contributed by atoms with Gasteiger partial charge < -0.3 is 15.0 Å². The Morgan fingerprint density at radius 1 is 1.38 bits per heavy atom. The molecular formula is C17H16ClN3O3S2. The molecule has 0 saturated carbocycles. The van der Waals surface area contributed by atoms with Gasteiger partial charge in [-0.1, -0.05) is 23.4 Å². The molecule has 6 nitrogen and oxygen atoms in total. The number of benzene rings is 1. The molecule has 0 fully saturated rings. The van der Waals surface area contributed by atoms with E-state index in [1.165, 1.54) is 30.2 Å². The molecule has 26 heavy (non-hydrogen) atoms. The van der Waals surface area contributed by atoms with Gasteiger partial charge in [0.1, 0.15) is 10.6 Å². The molecule has 2 aromatic heterocycles. The predicted molar refractivity (Wildman–Crippen MR) is 107 cm³/mol. The molecule has 2 N–H and O–H groups in total. The van der Waals surface area contributed by atoms with Crippen molar-refractivity contribution in [2.24, 2.45) is 0 Å². The highest BCUT2D eigenvalue weighted by atomic mass is 35.5. The van der Waals surface area contributed by atoms with Crippen LogP contribution < -0.4 is 15.6 Å². The molecule has 0 radical (unpaired) electrons. The molecule has 0 bridgehead atoms. The van der Waals surface area contributed by atoms with Gasteiger partial charge in [-0.2, -0.15) is 0 Å². The molecule has 3 aromatic rings. The number of thioether (sulfide) groups is 1. The summed E-state index contributed by atoms with van der Waals surface area (Å²) in [7, 11) is 1.51. The van der Waals surface area contributed by atoms with Crippen molar-refractivity contribution < 1.29 is 9.53 Å². The normalized spacial score (nSPS) is 10.9. The lowest BCUT2D eigenvalue weighted by molar-refractivity contribution is -0.113. The van der Waals surface area contributed by atoms with E-state index in [9.17, 15) is 9.59 Å². The van der Waals surface area contributed by atoms with Crippen LogP contribution in [0, 0.1) is 13.8 Å². The quantitative estimate of drug-likeness (QED) is 0.491. The molecule has 2 heterocycles. The number of aromatic nitrogens is 2. The molecule has 1 amide bonds. The number of methoxy groups -OCH3 is 1. The van der Waals surface area contributed by atoms with Crippen LogP contribution in [0.25, 0.3) is 10.2 Å². The number of hydrogen-bond donors (Lipinski definition) is 2. The minimum Gasteiger partial charge on any atom is -0.495 e. The number of amides is 1. The molecular weight excluding hydrogens is 394 g/mol. The molecule has 0 spiro atoms. The number of ether oxygens (including phenoxy) is 1. The number of nitrogens with one attached hydrogen (secondary N) is 2. The van der Waals surface area contributed by atoms with Crippen molar-refractivity contribution >= 4 is 56.5 Å². The van der Waals surface area contributed by atoms with E-state index >= 15 is 0 Å². The van der Waals surface area contributed by atoms with E-state index < -0.39 is 0 Å². The molecule has 0 saturated heterocycles. The van der Waals surface area contributed by atoms with Gasteiger partial charge in [0.25, 0.3) is 5.56 Å². The fraction of sp³-hybridized carbons (Fsp3) is 0.235. The van der Waals surface area contributed by atoms with Gasteiger partial charge in [0, 0.05) is 16.0 Å².